The van der Waals surface area contributed by atoms with Gasteiger partial charge in [-0.3, -0.25) is 4.79 Å². The highest BCUT2D eigenvalue weighted by Gasteiger charge is 2.50. The molecule has 1 N–H and O–H groups in total. The number of hydrogen-bond acceptors (Lipinski definition) is 1. The van der Waals surface area contributed by atoms with Gasteiger partial charge in [-0.2, -0.15) is 0 Å². The molecule has 1 saturated carbocycles. The van der Waals surface area contributed by atoms with Crippen LogP contribution in [0.25, 0.3) is 0 Å². The van der Waals surface area contributed by atoms with Crippen molar-refractivity contribution in [3.63, 3.8) is 0 Å². The first-order valence-electron chi connectivity index (χ1n) is 6.79. The maximum absolute atomic E-state index is 12.5. The largest absolute Gasteiger partial charge is 0.351 e. The smallest absolute Gasteiger partial charge is 0.230 e. The van der Waals surface area contributed by atoms with E-state index in [2.05, 4.69) is 21.2 Å². The van der Waals surface area contributed by atoms with Crippen LogP contribution < -0.4 is 5.32 Å². The van der Waals surface area contributed by atoms with Gasteiger partial charge >= 0.3 is 0 Å². The van der Waals surface area contributed by atoms with Crippen LogP contribution in [0, 0.1) is 0 Å². The van der Waals surface area contributed by atoms with Crippen molar-refractivity contribution in [1.82, 2.24) is 5.32 Å². The third-order valence-electron chi connectivity index (χ3n) is 3.85. The molecule has 1 fully saturated rings. The first-order valence-corrected chi connectivity index (χ1v) is 7.58. The molecule has 1 aliphatic carbocycles. The van der Waals surface area contributed by atoms with Gasteiger partial charge in [0, 0.05) is 11.0 Å². The van der Waals surface area contributed by atoms with Gasteiger partial charge in [-0.05, 0) is 36.1 Å². The Morgan fingerprint density at radius 1 is 1.10 bits per heavy atom. The topological polar surface area (TPSA) is 29.1 Å². The van der Waals surface area contributed by atoms with E-state index in [1.54, 1.807) is 0 Å². The van der Waals surface area contributed by atoms with Gasteiger partial charge in [-0.1, -0.05) is 58.4 Å². The van der Waals surface area contributed by atoms with E-state index in [4.69, 9.17) is 0 Å². The molecule has 0 saturated heterocycles. The van der Waals surface area contributed by atoms with Gasteiger partial charge in [0.25, 0.3) is 0 Å². The van der Waals surface area contributed by atoms with Crippen molar-refractivity contribution in [3.8, 4) is 0 Å². The number of carbonyl (C=O) groups is 1. The second-order valence-corrected chi connectivity index (χ2v) is 6.18. The lowest BCUT2D eigenvalue weighted by Gasteiger charge is -2.15. The summed E-state index contributed by atoms with van der Waals surface area (Å²) < 4.78 is 1.04. The number of halogens is 1. The Bertz CT molecular complexity index is 620. The number of hydrogen-bond donors (Lipinski definition) is 1. The van der Waals surface area contributed by atoms with Crippen LogP contribution in [-0.4, -0.2) is 5.91 Å². The van der Waals surface area contributed by atoms with Crippen LogP contribution in [0.2, 0.25) is 0 Å². The molecule has 1 amide bonds. The van der Waals surface area contributed by atoms with Gasteiger partial charge < -0.3 is 5.32 Å². The highest BCUT2D eigenvalue weighted by atomic mass is 79.9. The lowest BCUT2D eigenvalue weighted by atomic mass is 9.95. The van der Waals surface area contributed by atoms with Crippen molar-refractivity contribution in [3.05, 3.63) is 70.2 Å². The Balaban J connectivity index is 1.68. The third-order valence-corrected chi connectivity index (χ3v) is 4.35. The number of amides is 1. The Hall–Kier alpha value is -1.61. The van der Waals surface area contributed by atoms with Crippen molar-refractivity contribution in [2.45, 2.75) is 24.8 Å². The maximum atomic E-state index is 12.5. The minimum atomic E-state index is -0.284. The molecule has 0 spiro atoms. The number of benzene rings is 2. The van der Waals surface area contributed by atoms with Gasteiger partial charge in [0.15, 0.2) is 0 Å². The number of rotatable bonds is 4. The number of nitrogens with one attached hydrogen (secondary N) is 1. The van der Waals surface area contributed by atoms with Crippen molar-refractivity contribution in [2.24, 2.45) is 0 Å². The third kappa shape index (κ3) is 2.63. The molecule has 2 aromatic carbocycles. The fraction of sp³-hybridized carbons (Fsp3) is 0.235. The standard InChI is InChI=1S/C17H16BrNO/c18-15-8-4-5-13(11-15)12-19-16(20)17(9-10-17)14-6-2-1-3-7-14/h1-8,11H,9-10,12H2,(H,19,20). The van der Waals surface area contributed by atoms with Crippen molar-refractivity contribution >= 4 is 21.8 Å². The van der Waals surface area contributed by atoms with Gasteiger partial charge in [-0.15, -0.1) is 0 Å². The fourth-order valence-electron chi connectivity index (χ4n) is 2.53. The zero-order chi connectivity index (χ0) is 14.0. The average Bonchev–Trinajstić information content (AvgIpc) is 3.27. The van der Waals surface area contributed by atoms with Gasteiger partial charge in [-0.25, -0.2) is 0 Å². The highest BCUT2D eigenvalue weighted by Crippen LogP contribution is 2.48. The second kappa shape index (κ2) is 5.41. The Labute approximate surface area is 127 Å². The summed E-state index contributed by atoms with van der Waals surface area (Å²) in [6.45, 7) is 0.576. The molecule has 2 nitrogen and oxygen atoms in total. The zero-order valence-electron chi connectivity index (χ0n) is 11.1. The van der Waals surface area contributed by atoms with Crippen LogP contribution >= 0.6 is 15.9 Å². The molecule has 0 atom stereocenters. The Kier molecular flexibility index (Phi) is 3.62. The molecule has 0 aliphatic heterocycles. The zero-order valence-corrected chi connectivity index (χ0v) is 12.7. The Morgan fingerprint density at radius 2 is 1.85 bits per heavy atom. The molecule has 2 aromatic rings. The predicted molar refractivity (Wildman–Crippen MR) is 83.3 cm³/mol. The monoisotopic (exact) mass is 329 g/mol. The van der Waals surface area contributed by atoms with Crippen LogP contribution in [0.4, 0.5) is 0 Å². The van der Waals surface area contributed by atoms with Crippen LogP contribution in [0.3, 0.4) is 0 Å². The van der Waals surface area contributed by atoms with Crippen LogP contribution in [-0.2, 0) is 16.8 Å². The average molecular weight is 330 g/mol. The molecule has 0 unspecified atom stereocenters. The van der Waals surface area contributed by atoms with E-state index >= 15 is 0 Å². The molecule has 0 radical (unpaired) electrons. The number of carbonyl (C=O) groups excluding carboxylic acids is 1. The fourth-order valence-corrected chi connectivity index (χ4v) is 2.97. The summed E-state index contributed by atoms with van der Waals surface area (Å²) in [5, 5.41) is 3.07. The minimum Gasteiger partial charge on any atom is -0.351 e. The molecule has 1 aliphatic rings. The van der Waals surface area contributed by atoms with E-state index in [0.29, 0.717) is 6.54 Å². The van der Waals surface area contributed by atoms with Crippen molar-refractivity contribution in [2.75, 3.05) is 0 Å². The molecular formula is C17H16BrNO. The molecule has 3 heteroatoms. The summed E-state index contributed by atoms with van der Waals surface area (Å²) in [5.41, 5.74) is 1.95. The van der Waals surface area contributed by atoms with E-state index in [-0.39, 0.29) is 11.3 Å². The van der Waals surface area contributed by atoms with Crippen molar-refractivity contribution < 1.29 is 4.79 Å². The van der Waals surface area contributed by atoms with E-state index < -0.39 is 0 Å². The summed E-state index contributed by atoms with van der Waals surface area (Å²) >= 11 is 3.45. The molecule has 20 heavy (non-hydrogen) atoms. The maximum Gasteiger partial charge on any atom is 0.230 e. The van der Waals surface area contributed by atoms with E-state index in [9.17, 15) is 4.79 Å². The molecule has 0 aromatic heterocycles. The molecule has 102 valence electrons. The summed E-state index contributed by atoms with van der Waals surface area (Å²) in [7, 11) is 0. The summed E-state index contributed by atoms with van der Waals surface area (Å²) in [6, 6.07) is 18.1. The summed E-state index contributed by atoms with van der Waals surface area (Å²) in [5.74, 6) is 0.142. The SMILES string of the molecule is O=C(NCc1cccc(Br)c1)C1(c2ccccc2)CC1. The molecule has 0 heterocycles. The molecule has 3 rings (SSSR count). The molecule has 0 bridgehead atoms. The van der Waals surface area contributed by atoms with Crippen molar-refractivity contribution in [1.29, 1.82) is 0 Å². The van der Waals surface area contributed by atoms with E-state index in [0.717, 1.165) is 28.4 Å². The van der Waals surface area contributed by atoms with Gasteiger partial charge in [0.1, 0.15) is 0 Å². The van der Waals surface area contributed by atoms with Crippen LogP contribution in [0.5, 0.6) is 0 Å². The van der Waals surface area contributed by atoms with Crippen LogP contribution in [0.1, 0.15) is 24.0 Å². The Morgan fingerprint density at radius 3 is 2.50 bits per heavy atom. The van der Waals surface area contributed by atoms with Crippen LogP contribution in [0.15, 0.2) is 59.1 Å². The first-order chi connectivity index (χ1) is 9.71. The van der Waals surface area contributed by atoms with Gasteiger partial charge in [0.2, 0.25) is 5.91 Å². The minimum absolute atomic E-state index is 0.142. The second-order valence-electron chi connectivity index (χ2n) is 5.26. The summed E-state index contributed by atoms with van der Waals surface area (Å²) in [4.78, 5) is 12.5. The lowest BCUT2D eigenvalue weighted by molar-refractivity contribution is -0.123. The first kappa shape index (κ1) is 13.4. The summed E-state index contributed by atoms with van der Waals surface area (Å²) in [6.07, 6.45) is 1.89. The van der Waals surface area contributed by atoms with Gasteiger partial charge in [0.05, 0.1) is 5.41 Å². The lowest BCUT2D eigenvalue weighted by Crippen LogP contribution is -2.34. The quantitative estimate of drug-likeness (QED) is 0.908. The van der Waals surface area contributed by atoms with E-state index in [1.807, 2.05) is 54.6 Å². The van der Waals surface area contributed by atoms with E-state index in [1.165, 1.54) is 0 Å². The molecular weight excluding hydrogens is 314 g/mol. The normalized spacial score (nSPS) is 15.7. The predicted octanol–water partition coefficient (Wildman–Crippen LogP) is 3.80. The highest BCUT2D eigenvalue weighted by molar-refractivity contribution is 9.10.